The maximum absolute atomic E-state index is 12.1. The van der Waals surface area contributed by atoms with E-state index in [0.29, 0.717) is 28.9 Å². The zero-order valence-corrected chi connectivity index (χ0v) is 12.7. The van der Waals surface area contributed by atoms with Crippen molar-refractivity contribution < 1.29 is 9.53 Å². The molecule has 1 atom stereocenters. The fraction of sp³-hybridized carbons (Fsp3) is 0.533. The SMILES string of the molecule is CCOc1ccc(C(=O)NCC2CCCCS2)cc1N. The molecule has 0 saturated carbocycles. The van der Waals surface area contributed by atoms with E-state index in [1.807, 2.05) is 18.7 Å². The Kier molecular flexibility index (Phi) is 5.59. The highest BCUT2D eigenvalue weighted by atomic mass is 32.2. The zero-order valence-electron chi connectivity index (χ0n) is 11.9. The monoisotopic (exact) mass is 294 g/mol. The van der Waals surface area contributed by atoms with E-state index in [-0.39, 0.29) is 5.91 Å². The molecule has 0 bridgehead atoms. The van der Waals surface area contributed by atoms with Gasteiger partial charge in [-0.1, -0.05) is 6.42 Å². The number of thioether (sulfide) groups is 1. The molecule has 0 radical (unpaired) electrons. The van der Waals surface area contributed by atoms with Gasteiger partial charge in [-0.25, -0.2) is 0 Å². The van der Waals surface area contributed by atoms with Crippen molar-refractivity contribution in [1.29, 1.82) is 0 Å². The van der Waals surface area contributed by atoms with Crippen LogP contribution in [0.5, 0.6) is 5.75 Å². The second-order valence-corrected chi connectivity index (χ2v) is 6.29. The van der Waals surface area contributed by atoms with Crippen LogP contribution in [0.15, 0.2) is 18.2 Å². The molecule has 110 valence electrons. The quantitative estimate of drug-likeness (QED) is 0.820. The number of benzene rings is 1. The fourth-order valence-electron chi connectivity index (χ4n) is 2.25. The van der Waals surface area contributed by atoms with Gasteiger partial charge in [-0.15, -0.1) is 0 Å². The molecular weight excluding hydrogens is 272 g/mol. The predicted molar refractivity (Wildman–Crippen MR) is 84.5 cm³/mol. The van der Waals surface area contributed by atoms with Crippen molar-refractivity contribution in [3.8, 4) is 5.75 Å². The molecule has 1 aromatic carbocycles. The number of carbonyl (C=O) groups excluding carboxylic acids is 1. The van der Waals surface area contributed by atoms with Gasteiger partial charge in [-0.05, 0) is 43.7 Å². The van der Waals surface area contributed by atoms with Gasteiger partial charge in [0.2, 0.25) is 0 Å². The number of hydrogen-bond acceptors (Lipinski definition) is 4. The molecule has 20 heavy (non-hydrogen) atoms. The summed E-state index contributed by atoms with van der Waals surface area (Å²) in [6, 6.07) is 5.18. The summed E-state index contributed by atoms with van der Waals surface area (Å²) in [6.07, 6.45) is 3.75. The van der Waals surface area contributed by atoms with E-state index < -0.39 is 0 Å². The molecular formula is C15H22N2O2S. The van der Waals surface area contributed by atoms with Gasteiger partial charge in [0.15, 0.2) is 0 Å². The number of hydrogen-bond donors (Lipinski definition) is 2. The van der Waals surface area contributed by atoms with E-state index in [1.165, 1.54) is 25.0 Å². The molecule has 1 aromatic rings. The Morgan fingerprint density at radius 3 is 3.00 bits per heavy atom. The van der Waals surface area contributed by atoms with Gasteiger partial charge in [0.25, 0.3) is 5.91 Å². The van der Waals surface area contributed by atoms with Gasteiger partial charge >= 0.3 is 0 Å². The molecule has 1 aliphatic heterocycles. The summed E-state index contributed by atoms with van der Waals surface area (Å²) in [4.78, 5) is 12.1. The average molecular weight is 294 g/mol. The lowest BCUT2D eigenvalue weighted by Crippen LogP contribution is -2.31. The molecule has 1 heterocycles. The van der Waals surface area contributed by atoms with Crippen LogP contribution >= 0.6 is 11.8 Å². The van der Waals surface area contributed by atoms with Crippen molar-refractivity contribution in [3.63, 3.8) is 0 Å². The highest BCUT2D eigenvalue weighted by Crippen LogP contribution is 2.25. The highest BCUT2D eigenvalue weighted by molar-refractivity contribution is 7.99. The lowest BCUT2D eigenvalue weighted by Gasteiger charge is -2.21. The number of anilines is 1. The number of nitrogens with two attached hydrogens (primary N) is 1. The largest absolute Gasteiger partial charge is 0.492 e. The van der Waals surface area contributed by atoms with Crippen LogP contribution in [-0.2, 0) is 0 Å². The Morgan fingerprint density at radius 2 is 2.35 bits per heavy atom. The maximum atomic E-state index is 12.1. The van der Waals surface area contributed by atoms with Gasteiger partial charge in [-0.3, -0.25) is 4.79 Å². The first-order valence-electron chi connectivity index (χ1n) is 7.13. The molecule has 1 amide bonds. The number of nitrogen functional groups attached to an aromatic ring is 1. The van der Waals surface area contributed by atoms with Crippen molar-refractivity contribution in [2.75, 3.05) is 24.6 Å². The smallest absolute Gasteiger partial charge is 0.251 e. The highest BCUT2D eigenvalue weighted by Gasteiger charge is 2.15. The fourth-order valence-corrected chi connectivity index (χ4v) is 3.49. The van der Waals surface area contributed by atoms with Crippen molar-refractivity contribution >= 4 is 23.4 Å². The Hall–Kier alpha value is -1.36. The molecule has 5 heteroatoms. The number of ether oxygens (including phenoxy) is 1. The summed E-state index contributed by atoms with van der Waals surface area (Å²) in [5, 5.41) is 3.54. The van der Waals surface area contributed by atoms with Crippen LogP contribution in [0, 0.1) is 0 Å². The predicted octanol–water partition coefficient (Wildman–Crippen LogP) is 2.68. The van der Waals surface area contributed by atoms with Gasteiger partial charge in [0.05, 0.1) is 12.3 Å². The number of carbonyl (C=O) groups is 1. The molecule has 1 saturated heterocycles. The first-order chi connectivity index (χ1) is 9.70. The minimum atomic E-state index is -0.0640. The van der Waals surface area contributed by atoms with Crippen molar-refractivity contribution in [2.24, 2.45) is 0 Å². The molecule has 1 unspecified atom stereocenters. The number of rotatable bonds is 5. The normalized spacial score (nSPS) is 18.6. The molecule has 2 rings (SSSR count). The van der Waals surface area contributed by atoms with Crippen molar-refractivity contribution in [2.45, 2.75) is 31.4 Å². The minimum absolute atomic E-state index is 0.0640. The Bertz CT molecular complexity index is 459. The van der Waals surface area contributed by atoms with Crippen molar-refractivity contribution in [3.05, 3.63) is 23.8 Å². The van der Waals surface area contributed by atoms with Crippen LogP contribution in [0.3, 0.4) is 0 Å². The summed E-state index contributed by atoms with van der Waals surface area (Å²) < 4.78 is 5.37. The van der Waals surface area contributed by atoms with Gasteiger partial charge < -0.3 is 15.8 Å². The summed E-state index contributed by atoms with van der Waals surface area (Å²) in [7, 11) is 0. The second kappa shape index (κ2) is 7.43. The third-order valence-corrected chi connectivity index (χ3v) is 4.73. The Morgan fingerprint density at radius 1 is 1.50 bits per heavy atom. The van der Waals surface area contributed by atoms with Crippen LogP contribution in [0.2, 0.25) is 0 Å². The standard InChI is InChI=1S/C15H22N2O2S/c1-2-19-14-7-6-11(9-13(14)16)15(18)17-10-12-5-3-4-8-20-12/h6-7,9,12H,2-5,8,10,16H2,1H3,(H,17,18). The van der Waals surface area contributed by atoms with Gasteiger partial charge in [-0.2, -0.15) is 11.8 Å². The second-order valence-electron chi connectivity index (χ2n) is 4.88. The van der Waals surface area contributed by atoms with Gasteiger partial charge in [0, 0.05) is 17.4 Å². The van der Waals surface area contributed by atoms with Crippen LogP contribution in [0.4, 0.5) is 5.69 Å². The third-order valence-electron chi connectivity index (χ3n) is 3.34. The van der Waals surface area contributed by atoms with E-state index in [1.54, 1.807) is 18.2 Å². The van der Waals surface area contributed by atoms with Crippen LogP contribution in [0.1, 0.15) is 36.5 Å². The van der Waals surface area contributed by atoms with E-state index in [9.17, 15) is 4.79 Å². The van der Waals surface area contributed by atoms with Gasteiger partial charge in [0.1, 0.15) is 5.75 Å². The Labute approximate surface area is 124 Å². The van der Waals surface area contributed by atoms with Crippen molar-refractivity contribution in [1.82, 2.24) is 5.32 Å². The first kappa shape index (κ1) is 15.0. The summed E-state index contributed by atoms with van der Waals surface area (Å²) in [6.45, 7) is 3.20. The van der Waals surface area contributed by atoms with E-state index in [4.69, 9.17) is 10.5 Å². The number of nitrogens with one attached hydrogen (secondary N) is 1. The van der Waals surface area contributed by atoms with E-state index in [2.05, 4.69) is 5.32 Å². The van der Waals surface area contributed by atoms with Crippen LogP contribution in [-0.4, -0.2) is 30.1 Å². The van der Waals surface area contributed by atoms with E-state index in [0.717, 1.165) is 6.54 Å². The maximum Gasteiger partial charge on any atom is 0.251 e. The lowest BCUT2D eigenvalue weighted by atomic mass is 10.1. The van der Waals surface area contributed by atoms with Crippen LogP contribution < -0.4 is 15.8 Å². The average Bonchev–Trinajstić information content (AvgIpc) is 2.48. The molecule has 0 aromatic heterocycles. The van der Waals surface area contributed by atoms with Crippen LogP contribution in [0.25, 0.3) is 0 Å². The lowest BCUT2D eigenvalue weighted by molar-refractivity contribution is 0.0953. The summed E-state index contributed by atoms with van der Waals surface area (Å²) in [5.41, 5.74) is 6.97. The topological polar surface area (TPSA) is 64.3 Å². The summed E-state index contributed by atoms with van der Waals surface area (Å²) >= 11 is 1.95. The molecule has 0 spiro atoms. The minimum Gasteiger partial charge on any atom is -0.492 e. The van der Waals surface area contributed by atoms with E-state index >= 15 is 0 Å². The molecule has 4 nitrogen and oxygen atoms in total. The molecule has 0 aliphatic carbocycles. The first-order valence-corrected chi connectivity index (χ1v) is 8.17. The summed E-state index contributed by atoms with van der Waals surface area (Å²) in [5.74, 6) is 1.77. The molecule has 3 N–H and O–H groups in total. The Balaban J connectivity index is 1.89. The molecule has 1 aliphatic rings. The third kappa shape index (κ3) is 4.07. The zero-order chi connectivity index (χ0) is 14.4. The molecule has 1 fully saturated rings. The number of amides is 1.